The van der Waals surface area contributed by atoms with Gasteiger partial charge in [0.2, 0.25) is 0 Å². The van der Waals surface area contributed by atoms with Gasteiger partial charge in [0.05, 0.1) is 0 Å². The Morgan fingerprint density at radius 3 is 2.19 bits per heavy atom. The summed E-state index contributed by atoms with van der Waals surface area (Å²) in [6.45, 7) is -0.0336. The van der Waals surface area contributed by atoms with Gasteiger partial charge >= 0.3 is 6.03 Å². The standard InChI is InChI=1S/C22H16ClF2N3O4/c23-14-6-4-13(5-7-14)19(28-31)12-32-16-10-8-15(9-11-16)26-22(30)27-21(29)20-17(24)2-1-3-18(20)25/h1-11,31H,12H2,(H2,26,27,29,30). The third-order valence-corrected chi connectivity index (χ3v) is 4.45. The van der Waals surface area contributed by atoms with Crippen LogP contribution in [0.2, 0.25) is 5.02 Å². The van der Waals surface area contributed by atoms with Crippen LogP contribution in [-0.2, 0) is 0 Å². The molecule has 0 spiro atoms. The first-order valence-corrected chi connectivity index (χ1v) is 9.51. The van der Waals surface area contributed by atoms with Crippen molar-refractivity contribution < 1.29 is 28.3 Å². The van der Waals surface area contributed by atoms with Gasteiger partial charge in [-0.05, 0) is 48.5 Å². The molecule has 0 radical (unpaired) electrons. The summed E-state index contributed by atoms with van der Waals surface area (Å²) in [5.74, 6) is -2.96. The lowest BCUT2D eigenvalue weighted by molar-refractivity contribution is 0.0959. The number of ether oxygens (including phenoxy) is 1. The van der Waals surface area contributed by atoms with Crippen LogP contribution in [-0.4, -0.2) is 29.5 Å². The molecule has 32 heavy (non-hydrogen) atoms. The zero-order valence-electron chi connectivity index (χ0n) is 16.3. The van der Waals surface area contributed by atoms with Gasteiger partial charge in [0, 0.05) is 16.3 Å². The molecule has 3 rings (SSSR count). The van der Waals surface area contributed by atoms with Crippen molar-refractivity contribution in [1.82, 2.24) is 5.32 Å². The molecule has 0 aliphatic heterocycles. The summed E-state index contributed by atoms with van der Waals surface area (Å²) in [6, 6.07) is 14.7. The van der Waals surface area contributed by atoms with E-state index in [9.17, 15) is 23.6 Å². The molecule has 3 aromatic rings. The Labute approximate surface area is 186 Å². The first kappa shape index (κ1) is 22.7. The first-order chi connectivity index (χ1) is 15.4. The predicted molar refractivity (Wildman–Crippen MR) is 115 cm³/mol. The van der Waals surface area contributed by atoms with Gasteiger partial charge < -0.3 is 15.3 Å². The molecule has 10 heteroatoms. The molecule has 0 aliphatic rings. The number of hydrogen-bond donors (Lipinski definition) is 3. The molecule has 164 valence electrons. The highest BCUT2D eigenvalue weighted by atomic mass is 35.5. The minimum Gasteiger partial charge on any atom is -0.487 e. The summed E-state index contributed by atoms with van der Waals surface area (Å²) < 4.78 is 32.8. The summed E-state index contributed by atoms with van der Waals surface area (Å²) in [4.78, 5) is 23.9. The molecule has 0 heterocycles. The van der Waals surface area contributed by atoms with Gasteiger partial charge in [0.15, 0.2) is 0 Å². The minimum absolute atomic E-state index is 0.0336. The van der Waals surface area contributed by atoms with Crippen molar-refractivity contribution in [1.29, 1.82) is 0 Å². The molecule has 0 atom stereocenters. The van der Waals surface area contributed by atoms with E-state index in [2.05, 4.69) is 10.5 Å². The summed E-state index contributed by atoms with van der Waals surface area (Å²) in [6.07, 6.45) is 0. The number of nitrogens with one attached hydrogen (secondary N) is 2. The van der Waals surface area contributed by atoms with Gasteiger partial charge in [0.1, 0.15) is 35.3 Å². The number of halogens is 3. The molecule has 0 saturated carbocycles. The Balaban J connectivity index is 1.55. The van der Waals surface area contributed by atoms with E-state index < -0.39 is 29.1 Å². The minimum atomic E-state index is -1.21. The number of oxime groups is 1. The average Bonchev–Trinajstić information content (AvgIpc) is 2.76. The number of benzene rings is 3. The number of urea groups is 1. The monoisotopic (exact) mass is 459 g/mol. The number of rotatable bonds is 6. The zero-order chi connectivity index (χ0) is 23.1. The van der Waals surface area contributed by atoms with E-state index in [1.165, 1.54) is 24.3 Å². The lowest BCUT2D eigenvalue weighted by Gasteiger charge is -2.10. The molecule has 0 bridgehead atoms. The van der Waals surface area contributed by atoms with Crippen LogP contribution in [0.5, 0.6) is 5.75 Å². The number of carbonyl (C=O) groups is 2. The SMILES string of the molecule is O=C(NC(=O)c1c(F)cccc1F)Nc1ccc(OCC(=NO)c2ccc(Cl)cc2)cc1. The molecular weight excluding hydrogens is 444 g/mol. The summed E-state index contributed by atoms with van der Waals surface area (Å²) in [7, 11) is 0. The lowest BCUT2D eigenvalue weighted by atomic mass is 10.1. The topological polar surface area (TPSA) is 100 Å². The van der Waals surface area contributed by atoms with E-state index in [1.807, 2.05) is 5.32 Å². The Morgan fingerprint density at radius 2 is 1.59 bits per heavy atom. The molecule has 3 N–H and O–H groups in total. The lowest BCUT2D eigenvalue weighted by Crippen LogP contribution is -2.35. The third kappa shape index (κ3) is 5.79. The van der Waals surface area contributed by atoms with Crippen LogP contribution in [0.25, 0.3) is 0 Å². The number of nitrogens with zero attached hydrogens (tertiary/aromatic N) is 1. The molecule has 0 fully saturated rings. The molecule has 0 saturated heterocycles. The number of anilines is 1. The second-order valence-electron chi connectivity index (χ2n) is 6.37. The molecule has 0 aliphatic carbocycles. The van der Waals surface area contributed by atoms with Gasteiger partial charge in [-0.2, -0.15) is 0 Å². The van der Waals surface area contributed by atoms with Crippen LogP contribution in [0.3, 0.4) is 0 Å². The van der Waals surface area contributed by atoms with Crippen LogP contribution < -0.4 is 15.4 Å². The number of amides is 3. The fourth-order valence-electron chi connectivity index (χ4n) is 2.64. The van der Waals surface area contributed by atoms with Crippen molar-refractivity contribution >= 4 is 34.9 Å². The van der Waals surface area contributed by atoms with Crippen molar-refractivity contribution in [2.45, 2.75) is 0 Å². The summed E-state index contributed by atoms with van der Waals surface area (Å²) in [5, 5.41) is 17.2. The maximum Gasteiger partial charge on any atom is 0.326 e. The fourth-order valence-corrected chi connectivity index (χ4v) is 2.77. The smallest absolute Gasteiger partial charge is 0.326 e. The summed E-state index contributed by atoms with van der Waals surface area (Å²) in [5.41, 5.74) is 0.351. The van der Waals surface area contributed by atoms with E-state index in [-0.39, 0.29) is 12.3 Å². The molecule has 7 nitrogen and oxygen atoms in total. The maximum atomic E-state index is 13.6. The van der Waals surface area contributed by atoms with Crippen LogP contribution in [0.4, 0.5) is 19.3 Å². The number of carbonyl (C=O) groups excluding carboxylic acids is 2. The average molecular weight is 460 g/mol. The Hall–Kier alpha value is -3.98. The van der Waals surface area contributed by atoms with Gasteiger partial charge in [-0.15, -0.1) is 0 Å². The quantitative estimate of drug-likeness (QED) is 0.279. The van der Waals surface area contributed by atoms with Gasteiger partial charge in [0.25, 0.3) is 5.91 Å². The van der Waals surface area contributed by atoms with Gasteiger partial charge in [-0.25, -0.2) is 13.6 Å². The Morgan fingerprint density at radius 1 is 0.969 bits per heavy atom. The van der Waals surface area contributed by atoms with Gasteiger partial charge in [-0.3, -0.25) is 10.1 Å². The van der Waals surface area contributed by atoms with E-state index in [4.69, 9.17) is 16.3 Å². The molecule has 3 amide bonds. The van der Waals surface area contributed by atoms with Crippen LogP contribution in [0.1, 0.15) is 15.9 Å². The molecule has 0 unspecified atom stereocenters. The van der Waals surface area contributed by atoms with Crippen LogP contribution in [0.15, 0.2) is 71.9 Å². The number of hydrogen-bond acceptors (Lipinski definition) is 5. The van der Waals surface area contributed by atoms with Crippen molar-refractivity contribution in [3.63, 3.8) is 0 Å². The first-order valence-electron chi connectivity index (χ1n) is 9.13. The maximum absolute atomic E-state index is 13.6. The van der Waals surface area contributed by atoms with Crippen LogP contribution in [0, 0.1) is 11.6 Å². The largest absolute Gasteiger partial charge is 0.487 e. The highest BCUT2D eigenvalue weighted by molar-refractivity contribution is 6.30. The molecule has 0 aromatic heterocycles. The summed E-state index contributed by atoms with van der Waals surface area (Å²) >= 11 is 5.84. The molecular formula is C22H16ClF2N3O4. The normalized spacial score (nSPS) is 11.0. The second-order valence-corrected chi connectivity index (χ2v) is 6.81. The Bertz CT molecular complexity index is 1130. The van der Waals surface area contributed by atoms with E-state index in [0.29, 0.717) is 22.0 Å². The zero-order valence-corrected chi connectivity index (χ0v) is 17.1. The third-order valence-electron chi connectivity index (χ3n) is 4.20. The van der Waals surface area contributed by atoms with Crippen molar-refractivity contribution in [3.8, 4) is 5.75 Å². The highest BCUT2D eigenvalue weighted by Gasteiger charge is 2.19. The molecule has 3 aromatic carbocycles. The number of imide groups is 1. The Kier molecular flexibility index (Phi) is 7.35. The second kappa shape index (κ2) is 10.4. The van der Waals surface area contributed by atoms with Gasteiger partial charge in [-0.1, -0.05) is 35.0 Å². The van der Waals surface area contributed by atoms with E-state index >= 15 is 0 Å². The van der Waals surface area contributed by atoms with Crippen molar-refractivity contribution in [2.75, 3.05) is 11.9 Å². The van der Waals surface area contributed by atoms with E-state index in [1.54, 1.807) is 24.3 Å². The fraction of sp³-hybridized carbons (Fsp3) is 0.0455. The predicted octanol–water partition coefficient (Wildman–Crippen LogP) is 4.84. The van der Waals surface area contributed by atoms with Crippen molar-refractivity contribution in [2.24, 2.45) is 5.16 Å². The van der Waals surface area contributed by atoms with Crippen molar-refractivity contribution in [3.05, 3.63) is 94.5 Å². The van der Waals surface area contributed by atoms with E-state index in [0.717, 1.165) is 18.2 Å². The van der Waals surface area contributed by atoms with Crippen LogP contribution >= 0.6 is 11.6 Å². The highest BCUT2D eigenvalue weighted by Crippen LogP contribution is 2.17.